The number of carboxylic acids is 1. The van der Waals surface area contributed by atoms with Crippen LogP contribution in [0, 0.1) is 11.8 Å². The van der Waals surface area contributed by atoms with Crippen molar-refractivity contribution < 1.29 is 9.90 Å². The topological polar surface area (TPSA) is 49.7 Å². The van der Waals surface area contributed by atoms with Crippen molar-refractivity contribution in [3.8, 4) is 0 Å². The van der Waals surface area contributed by atoms with Crippen LogP contribution >= 0.6 is 0 Å². The molecule has 0 aromatic heterocycles. The van der Waals surface area contributed by atoms with Crippen molar-refractivity contribution in [3.63, 3.8) is 0 Å². The standard InChI is InChI=1S/C7H9NO2/c1-5-2-3-8-4-6(5)7(9)10/h2-6H,1H3,(H,9,10). The van der Waals surface area contributed by atoms with E-state index in [0.717, 1.165) is 0 Å². The predicted molar refractivity (Wildman–Crippen MR) is 37.9 cm³/mol. The molecule has 0 saturated heterocycles. The van der Waals surface area contributed by atoms with Crippen LogP contribution in [0.15, 0.2) is 17.3 Å². The number of aliphatic carboxylic acids is 1. The third-order valence-corrected chi connectivity index (χ3v) is 1.57. The van der Waals surface area contributed by atoms with Gasteiger partial charge in [0.25, 0.3) is 0 Å². The molecule has 0 saturated carbocycles. The minimum atomic E-state index is -0.805. The lowest BCUT2D eigenvalue weighted by Crippen LogP contribution is -2.22. The lowest BCUT2D eigenvalue weighted by Gasteiger charge is -2.13. The monoisotopic (exact) mass is 139 g/mol. The van der Waals surface area contributed by atoms with Crippen molar-refractivity contribution in [1.82, 2.24) is 0 Å². The van der Waals surface area contributed by atoms with Crippen molar-refractivity contribution in [2.45, 2.75) is 6.92 Å². The van der Waals surface area contributed by atoms with Gasteiger partial charge in [0.2, 0.25) is 0 Å². The van der Waals surface area contributed by atoms with Crippen molar-refractivity contribution in [2.75, 3.05) is 0 Å². The third-order valence-electron chi connectivity index (χ3n) is 1.57. The van der Waals surface area contributed by atoms with Gasteiger partial charge in [0.1, 0.15) is 0 Å². The normalized spacial score (nSPS) is 30.5. The van der Waals surface area contributed by atoms with Gasteiger partial charge in [-0.25, -0.2) is 0 Å². The summed E-state index contributed by atoms with van der Waals surface area (Å²) in [4.78, 5) is 14.2. The number of carbonyl (C=O) groups is 1. The molecule has 0 aromatic carbocycles. The summed E-state index contributed by atoms with van der Waals surface area (Å²) >= 11 is 0. The number of hydrogen-bond donors (Lipinski definition) is 1. The van der Waals surface area contributed by atoms with Gasteiger partial charge in [0, 0.05) is 12.4 Å². The van der Waals surface area contributed by atoms with Gasteiger partial charge in [0.05, 0.1) is 5.92 Å². The van der Waals surface area contributed by atoms with E-state index in [0.29, 0.717) is 0 Å². The van der Waals surface area contributed by atoms with E-state index in [4.69, 9.17) is 5.11 Å². The highest BCUT2D eigenvalue weighted by atomic mass is 16.4. The maximum absolute atomic E-state index is 10.4. The van der Waals surface area contributed by atoms with Gasteiger partial charge in [-0.2, -0.15) is 0 Å². The van der Waals surface area contributed by atoms with Crippen LogP contribution in [0.4, 0.5) is 0 Å². The minimum absolute atomic E-state index is 0.0648. The maximum Gasteiger partial charge on any atom is 0.312 e. The zero-order chi connectivity index (χ0) is 7.56. The summed E-state index contributed by atoms with van der Waals surface area (Å²) in [6.45, 7) is 1.86. The molecule has 0 spiro atoms. The minimum Gasteiger partial charge on any atom is -0.481 e. The Morgan fingerprint density at radius 3 is 2.80 bits per heavy atom. The van der Waals surface area contributed by atoms with E-state index >= 15 is 0 Å². The highest BCUT2D eigenvalue weighted by Crippen LogP contribution is 2.14. The molecule has 1 N–H and O–H groups in total. The van der Waals surface area contributed by atoms with Crippen LogP contribution in [-0.4, -0.2) is 17.3 Å². The molecule has 10 heavy (non-hydrogen) atoms. The van der Waals surface area contributed by atoms with Gasteiger partial charge >= 0.3 is 5.97 Å². The first-order valence-corrected chi connectivity index (χ1v) is 3.14. The van der Waals surface area contributed by atoms with E-state index in [2.05, 4.69) is 4.99 Å². The lowest BCUT2D eigenvalue weighted by atomic mass is 9.94. The van der Waals surface area contributed by atoms with Gasteiger partial charge in [-0.15, -0.1) is 0 Å². The first kappa shape index (κ1) is 6.99. The SMILES string of the molecule is CC1C=CN=CC1C(=O)O. The smallest absolute Gasteiger partial charge is 0.312 e. The van der Waals surface area contributed by atoms with Gasteiger partial charge in [-0.1, -0.05) is 13.0 Å². The summed E-state index contributed by atoms with van der Waals surface area (Å²) in [6, 6.07) is 0. The summed E-state index contributed by atoms with van der Waals surface area (Å²) in [7, 11) is 0. The fourth-order valence-electron chi connectivity index (χ4n) is 0.872. The number of aliphatic imine (C=N–C) groups is 1. The fourth-order valence-corrected chi connectivity index (χ4v) is 0.872. The van der Waals surface area contributed by atoms with E-state index in [1.807, 2.05) is 6.92 Å². The quantitative estimate of drug-likeness (QED) is 0.587. The molecule has 3 heteroatoms. The van der Waals surface area contributed by atoms with E-state index < -0.39 is 11.9 Å². The van der Waals surface area contributed by atoms with Crippen molar-refractivity contribution >= 4 is 12.2 Å². The van der Waals surface area contributed by atoms with Crippen LogP contribution < -0.4 is 0 Å². The second-order valence-corrected chi connectivity index (χ2v) is 2.36. The largest absolute Gasteiger partial charge is 0.481 e. The molecular weight excluding hydrogens is 130 g/mol. The molecule has 1 aliphatic heterocycles. The highest BCUT2D eigenvalue weighted by Gasteiger charge is 2.21. The van der Waals surface area contributed by atoms with Crippen molar-refractivity contribution in [3.05, 3.63) is 12.3 Å². The Bertz CT molecular complexity index is 196. The number of allylic oxidation sites excluding steroid dienone is 1. The van der Waals surface area contributed by atoms with Gasteiger partial charge in [-0.05, 0) is 5.92 Å². The molecule has 0 bridgehead atoms. The molecule has 1 rings (SSSR count). The molecule has 1 aliphatic rings. The molecule has 2 atom stereocenters. The zero-order valence-electron chi connectivity index (χ0n) is 5.69. The van der Waals surface area contributed by atoms with Crippen LogP contribution in [0.25, 0.3) is 0 Å². The average Bonchev–Trinajstić information content (AvgIpc) is 1.88. The summed E-state index contributed by atoms with van der Waals surface area (Å²) in [5, 5.41) is 8.58. The Morgan fingerprint density at radius 2 is 2.40 bits per heavy atom. The summed E-state index contributed by atoms with van der Waals surface area (Å²) in [5.41, 5.74) is 0. The fraction of sp³-hybridized carbons (Fsp3) is 0.429. The first-order valence-electron chi connectivity index (χ1n) is 3.14. The summed E-state index contributed by atoms with van der Waals surface area (Å²) in [5.74, 6) is -1.18. The molecule has 2 unspecified atom stereocenters. The average molecular weight is 139 g/mol. The Morgan fingerprint density at radius 1 is 1.70 bits per heavy atom. The molecule has 0 amide bonds. The van der Waals surface area contributed by atoms with E-state index in [1.165, 1.54) is 6.21 Å². The van der Waals surface area contributed by atoms with Gasteiger partial charge < -0.3 is 5.11 Å². The van der Waals surface area contributed by atoms with Crippen molar-refractivity contribution in [2.24, 2.45) is 16.8 Å². The molecule has 0 aromatic rings. The number of carboxylic acid groups (broad SMARTS) is 1. The second kappa shape index (κ2) is 2.64. The summed E-state index contributed by atoms with van der Waals surface area (Å²) in [6.07, 6.45) is 4.88. The second-order valence-electron chi connectivity index (χ2n) is 2.36. The molecular formula is C7H9NO2. The maximum atomic E-state index is 10.4. The number of nitrogens with zero attached hydrogens (tertiary/aromatic N) is 1. The van der Waals surface area contributed by atoms with Crippen LogP contribution in [0.1, 0.15) is 6.92 Å². The van der Waals surface area contributed by atoms with Gasteiger partial charge in [0.15, 0.2) is 0 Å². The van der Waals surface area contributed by atoms with Crippen molar-refractivity contribution in [1.29, 1.82) is 0 Å². The number of hydrogen-bond acceptors (Lipinski definition) is 2. The highest BCUT2D eigenvalue weighted by molar-refractivity contribution is 5.89. The zero-order valence-corrected chi connectivity index (χ0v) is 5.69. The molecule has 1 heterocycles. The van der Waals surface area contributed by atoms with E-state index in [-0.39, 0.29) is 5.92 Å². The Labute approximate surface area is 59.1 Å². The van der Waals surface area contributed by atoms with E-state index in [9.17, 15) is 4.79 Å². The third kappa shape index (κ3) is 1.23. The Hall–Kier alpha value is -1.12. The molecule has 54 valence electrons. The molecule has 3 nitrogen and oxygen atoms in total. The van der Waals surface area contributed by atoms with E-state index in [1.54, 1.807) is 12.3 Å². The number of rotatable bonds is 1. The van der Waals surface area contributed by atoms with Crippen LogP contribution in [-0.2, 0) is 4.79 Å². The molecule has 0 aliphatic carbocycles. The Kier molecular flexibility index (Phi) is 1.85. The predicted octanol–water partition coefficient (Wildman–Crippen LogP) is 0.921. The summed E-state index contributed by atoms with van der Waals surface area (Å²) < 4.78 is 0. The molecule has 0 fully saturated rings. The molecule has 0 radical (unpaired) electrons. The first-order chi connectivity index (χ1) is 4.72. The van der Waals surface area contributed by atoms with Gasteiger partial charge in [-0.3, -0.25) is 9.79 Å². The lowest BCUT2D eigenvalue weighted by molar-refractivity contribution is -0.140. The van der Waals surface area contributed by atoms with Crippen LogP contribution in [0.2, 0.25) is 0 Å². The van der Waals surface area contributed by atoms with Crippen LogP contribution in [0.5, 0.6) is 0 Å². The Balaban J connectivity index is 2.70. The van der Waals surface area contributed by atoms with Crippen LogP contribution in [0.3, 0.4) is 0 Å².